The Morgan fingerprint density at radius 3 is 1.89 bits per heavy atom. The minimum absolute atomic E-state index is 0.0459. The van der Waals surface area contributed by atoms with Gasteiger partial charge in [0.25, 0.3) is 0 Å². The number of Topliss-reactive ketones (excluding diaryl/α,β-unsaturated/α-hetero) is 1. The highest BCUT2D eigenvalue weighted by Crippen LogP contribution is 2.35. The highest BCUT2D eigenvalue weighted by atomic mass is 35.5. The molecule has 170 valence electrons. The van der Waals surface area contributed by atoms with Gasteiger partial charge in [0.2, 0.25) is 5.78 Å². The maximum Gasteiger partial charge on any atom is 0.340 e. The Morgan fingerprint density at radius 1 is 0.657 bits per heavy atom. The van der Waals surface area contributed by atoms with Gasteiger partial charge in [0.1, 0.15) is 0 Å². The van der Waals surface area contributed by atoms with Crippen LogP contribution in [0.25, 0.3) is 0 Å². The zero-order valence-electron chi connectivity index (χ0n) is 18.2. The number of halogens is 1. The van der Waals surface area contributed by atoms with E-state index in [1.54, 1.807) is 84.9 Å². The van der Waals surface area contributed by atoms with E-state index in [2.05, 4.69) is 0 Å². The van der Waals surface area contributed by atoms with Gasteiger partial charge in [-0.25, -0.2) is 4.79 Å². The van der Waals surface area contributed by atoms with Crippen LogP contribution in [0.5, 0.6) is 0 Å². The molecule has 0 radical (unpaired) electrons. The Labute approximate surface area is 205 Å². The molecule has 1 atom stereocenters. The number of esters is 1. The molecule has 5 rings (SSSR count). The van der Waals surface area contributed by atoms with Crippen LogP contribution in [0, 0.1) is 0 Å². The SMILES string of the molecule is O=C(O[C@H](C(=O)c1ccccc1)c1ccccc1)c1ccc2c(c1Cl)C(=O)c1ccccc1C2=O. The molecule has 0 amide bonds. The average molecular weight is 481 g/mol. The summed E-state index contributed by atoms with van der Waals surface area (Å²) in [6.45, 7) is 0. The van der Waals surface area contributed by atoms with Gasteiger partial charge in [-0.05, 0) is 12.1 Å². The van der Waals surface area contributed by atoms with Crippen molar-refractivity contribution < 1.29 is 23.9 Å². The van der Waals surface area contributed by atoms with E-state index in [1.165, 1.54) is 12.1 Å². The first kappa shape index (κ1) is 22.4. The summed E-state index contributed by atoms with van der Waals surface area (Å²) < 4.78 is 5.67. The van der Waals surface area contributed by atoms with Crippen molar-refractivity contribution in [2.75, 3.05) is 0 Å². The van der Waals surface area contributed by atoms with Crippen molar-refractivity contribution in [2.24, 2.45) is 0 Å². The largest absolute Gasteiger partial charge is 0.445 e. The zero-order valence-corrected chi connectivity index (χ0v) is 19.0. The molecule has 0 spiro atoms. The van der Waals surface area contributed by atoms with Gasteiger partial charge in [0.15, 0.2) is 17.7 Å². The summed E-state index contributed by atoms with van der Waals surface area (Å²) >= 11 is 6.52. The molecule has 0 aliphatic heterocycles. The van der Waals surface area contributed by atoms with Crippen LogP contribution in [-0.2, 0) is 4.74 Å². The maximum atomic E-state index is 13.3. The first-order chi connectivity index (χ1) is 17.0. The Balaban J connectivity index is 1.53. The van der Waals surface area contributed by atoms with Gasteiger partial charge in [-0.2, -0.15) is 0 Å². The molecule has 0 heterocycles. The molecule has 4 aromatic carbocycles. The molecule has 1 aliphatic rings. The molecule has 4 aromatic rings. The zero-order chi connectivity index (χ0) is 24.5. The van der Waals surface area contributed by atoms with Crippen LogP contribution in [0.1, 0.15) is 64.2 Å². The summed E-state index contributed by atoms with van der Waals surface area (Å²) in [6.07, 6.45) is -1.23. The predicted molar refractivity (Wildman–Crippen MR) is 130 cm³/mol. The number of carbonyl (C=O) groups is 4. The van der Waals surface area contributed by atoms with Crippen LogP contribution in [0.15, 0.2) is 97.1 Å². The smallest absolute Gasteiger partial charge is 0.340 e. The summed E-state index contributed by atoms with van der Waals surface area (Å²) in [5.74, 6) is -2.08. The normalized spacial score (nSPS) is 12.9. The Bertz CT molecular complexity index is 1490. The third kappa shape index (κ3) is 3.96. The van der Waals surface area contributed by atoms with Crippen molar-refractivity contribution in [1.82, 2.24) is 0 Å². The van der Waals surface area contributed by atoms with Gasteiger partial charge >= 0.3 is 5.97 Å². The molecule has 0 fully saturated rings. The average Bonchev–Trinajstić information content (AvgIpc) is 2.90. The number of hydrogen-bond acceptors (Lipinski definition) is 5. The topological polar surface area (TPSA) is 77.5 Å². The highest BCUT2D eigenvalue weighted by molar-refractivity contribution is 6.41. The Morgan fingerprint density at radius 2 is 1.23 bits per heavy atom. The van der Waals surface area contributed by atoms with Crippen LogP contribution >= 0.6 is 11.6 Å². The molecule has 0 bridgehead atoms. The second-order valence-corrected chi connectivity index (χ2v) is 8.36. The molecule has 0 saturated carbocycles. The van der Waals surface area contributed by atoms with E-state index >= 15 is 0 Å². The fourth-order valence-electron chi connectivity index (χ4n) is 4.13. The molecule has 6 heteroatoms. The number of benzene rings is 4. The van der Waals surface area contributed by atoms with Crippen molar-refractivity contribution in [1.29, 1.82) is 0 Å². The number of ketones is 3. The number of carbonyl (C=O) groups excluding carboxylic acids is 4. The molecule has 35 heavy (non-hydrogen) atoms. The summed E-state index contributed by atoms with van der Waals surface area (Å²) in [5.41, 5.74) is 1.35. The number of rotatable bonds is 5. The second-order valence-electron chi connectivity index (χ2n) is 7.98. The molecule has 0 aromatic heterocycles. The van der Waals surface area contributed by atoms with Gasteiger partial charge in [-0.15, -0.1) is 0 Å². The molecular formula is C29H17ClO5. The van der Waals surface area contributed by atoms with Gasteiger partial charge in [0, 0.05) is 27.8 Å². The molecule has 5 nitrogen and oxygen atoms in total. The van der Waals surface area contributed by atoms with Crippen LogP contribution in [0.4, 0.5) is 0 Å². The quantitative estimate of drug-likeness (QED) is 0.231. The molecular weight excluding hydrogens is 464 g/mol. The van der Waals surface area contributed by atoms with Crippen molar-refractivity contribution in [3.8, 4) is 0 Å². The van der Waals surface area contributed by atoms with E-state index in [0.29, 0.717) is 11.1 Å². The molecule has 0 unspecified atom stereocenters. The monoisotopic (exact) mass is 480 g/mol. The van der Waals surface area contributed by atoms with Crippen LogP contribution in [-0.4, -0.2) is 23.3 Å². The Hall–Kier alpha value is -4.35. The number of fused-ring (bicyclic) bond motifs is 2. The van der Waals surface area contributed by atoms with Crippen LogP contribution < -0.4 is 0 Å². The second kappa shape index (κ2) is 9.12. The van der Waals surface area contributed by atoms with Gasteiger partial charge in [0.05, 0.1) is 16.1 Å². The standard InChI is InChI=1S/C29H17ClO5/c30-24-22(16-15-21-23(24)27(33)20-14-8-7-13-19(20)26(21)32)29(34)35-28(18-11-5-2-6-12-18)25(31)17-9-3-1-4-10-17/h1-16,28H/t28-/m0/s1. The third-order valence-electron chi connectivity index (χ3n) is 5.87. The van der Waals surface area contributed by atoms with Crippen molar-refractivity contribution in [2.45, 2.75) is 6.10 Å². The van der Waals surface area contributed by atoms with Crippen molar-refractivity contribution >= 4 is 34.9 Å². The van der Waals surface area contributed by atoms with E-state index < -0.39 is 23.6 Å². The van der Waals surface area contributed by atoms with Gasteiger partial charge < -0.3 is 4.74 Å². The summed E-state index contributed by atoms with van der Waals surface area (Å²) in [7, 11) is 0. The number of ether oxygens (including phenoxy) is 1. The Kier molecular flexibility index (Phi) is 5.85. The van der Waals surface area contributed by atoms with Crippen molar-refractivity contribution in [3.05, 3.63) is 141 Å². The van der Waals surface area contributed by atoms with E-state index in [9.17, 15) is 19.2 Å². The first-order valence-electron chi connectivity index (χ1n) is 10.8. The lowest BCUT2D eigenvalue weighted by Gasteiger charge is -2.21. The maximum absolute atomic E-state index is 13.3. The molecule has 0 N–H and O–H groups in total. The fourth-order valence-corrected chi connectivity index (χ4v) is 4.46. The number of hydrogen-bond donors (Lipinski definition) is 0. The lowest BCUT2D eigenvalue weighted by Crippen LogP contribution is -2.24. The molecule has 1 aliphatic carbocycles. The lowest BCUT2D eigenvalue weighted by atomic mass is 9.83. The predicted octanol–water partition coefficient (Wildman–Crippen LogP) is 5.90. The van der Waals surface area contributed by atoms with Gasteiger partial charge in [-0.3, -0.25) is 14.4 Å². The summed E-state index contributed by atoms with van der Waals surface area (Å²) in [5, 5.41) is -0.181. The van der Waals surface area contributed by atoms with E-state index in [4.69, 9.17) is 16.3 Å². The first-order valence-corrected chi connectivity index (χ1v) is 11.2. The van der Waals surface area contributed by atoms with Gasteiger partial charge in [-0.1, -0.05) is 96.5 Å². The third-order valence-corrected chi connectivity index (χ3v) is 6.27. The van der Waals surface area contributed by atoms with E-state index in [0.717, 1.165) is 0 Å². The highest BCUT2D eigenvalue weighted by Gasteiger charge is 2.34. The van der Waals surface area contributed by atoms with Crippen LogP contribution in [0.2, 0.25) is 5.02 Å². The van der Waals surface area contributed by atoms with E-state index in [-0.39, 0.29) is 38.6 Å². The fraction of sp³-hybridized carbons (Fsp3) is 0.0345. The van der Waals surface area contributed by atoms with Crippen molar-refractivity contribution in [3.63, 3.8) is 0 Å². The minimum atomic E-state index is -1.23. The molecule has 0 saturated heterocycles. The van der Waals surface area contributed by atoms with E-state index in [1.807, 2.05) is 0 Å². The summed E-state index contributed by atoms with van der Waals surface area (Å²) in [4.78, 5) is 52.6. The summed E-state index contributed by atoms with van der Waals surface area (Å²) in [6, 6.07) is 26.3. The minimum Gasteiger partial charge on any atom is -0.445 e. The van der Waals surface area contributed by atoms with Crippen LogP contribution in [0.3, 0.4) is 0 Å². The lowest BCUT2D eigenvalue weighted by molar-refractivity contribution is 0.0280.